The molecule has 0 saturated carbocycles. The van der Waals surface area contributed by atoms with Crippen LogP contribution in [0.15, 0.2) is 40.7 Å². The first-order chi connectivity index (χ1) is 15.0. The first-order valence-corrected chi connectivity index (χ1v) is 12.9. The highest BCUT2D eigenvalue weighted by Gasteiger charge is 2.30. The van der Waals surface area contributed by atoms with Crippen LogP contribution in [-0.2, 0) is 21.2 Å². The molecular weight excluding hydrogens is 434 g/mol. The van der Waals surface area contributed by atoms with E-state index in [1.165, 1.54) is 11.3 Å². The Morgan fingerprint density at radius 3 is 2.58 bits per heavy atom. The standard InChI is InChI=1S/C21H25N5O3S2/c27-19(15-17-6-7-20(30-17)31(28,29)25-10-3-4-11-25)24-13-8-16(9-14-24)21-23-22-18-5-1-2-12-26(18)21/h1-2,5-7,12,16H,3-4,8-11,13-15H2. The molecule has 2 saturated heterocycles. The summed E-state index contributed by atoms with van der Waals surface area (Å²) in [6.45, 7) is 2.53. The molecule has 2 aliphatic rings. The van der Waals surface area contributed by atoms with Crippen molar-refractivity contribution in [1.29, 1.82) is 0 Å². The fourth-order valence-electron chi connectivity index (χ4n) is 4.43. The summed E-state index contributed by atoms with van der Waals surface area (Å²) in [5.41, 5.74) is 0.841. The van der Waals surface area contributed by atoms with E-state index in [1.807, 2.05) is 33.7 Å². The molecule has 164 valence electrons. The molecule has 31 heavy (non-hydrogen) atoms. The molecule has 2 aliphatic heterocycles. The molecule has 0 radical (unpaired) electrons. The highest BCUT2D eigenvalue weighted by molar-refractivity contribution is 7.91. The van der Waals surface area contributed by atoms with Crippen LogP contribution >= 0.6 is 11.3 Å². The Morgan fingerprint density at radius 2 is 1.81 bits per heavy atom. The second kappa shape index (κ2) is 8.33. The monoisotopic (exact) mass is 459 g/mol. The van der Waals surface area contributed by atoms with Crippen LogP contribution < -0.4 is 0 Å². The van der Waals surface area contributed by atoms with E-state index in [-0.39, 0.29) is 18.2 Å². The summed E-state index contributed by atoms with van der Waals surface area (Å²) in [4.78, 5) is 15.5. The van der Waals surface area contributed by atoms with Gasteiger partial charge < -0.3 is 4.90 Å². The van der Waals surface area contributed by atoms with Crippen molar-refractivity contribution < 1.29 is 13.2 Å². The number of piperidine rings is 1. The number of carbonyl (C=O) groups is 1. The van der Waals surface area contributed by atoms with Crippen molar-refractivity contribution in [3.05, 3.63) is 47.2 Å². The van der Waals surface area contributed by atoms with Gasteiger partial charge >= 0.3 is 0 Å². The normalized spacial score (nSPS) is 18.8. The number of carbonyl (C=O) groups excluding carboxylic acids is 1. The summed E-state index contributed by atoms with van der Waals surface area (Å²) < 4.78 is 29.3. The van der Waals surface area contributed by atoms with E-state index >= 15 is 0 Å². The quantitative estimate of drug-likeness (QED) is 0.585. The number of rotatable bonds is 5. The third kappa shape index (κ3) is 3.99. The third-order valence-electron chi connectivity index (χ3n) is 6.17. The lowest BCUT2D eigenvalue weighted by atomic mass is 9.95. The van der Waals surface area contributed by atoms with Gasteiger partial charge in [0.05, 0.1) is 6.42 Å². The van der Waals surface area contributed by atoms with Crippen molar-refractivity contribution in [3.63, 3.8) is 0 Å². The first kappa shape index (κ1) is 20.6. The van der Waals surface area contributed by atoms with Crippen molar-refractivity contribution in [2.45, 2.75) is 42.2 Å². The van der Waals surface area contributed by atoms with Gasteiger partial charge in [-0.1, -0.05) is 6.07 Å². The summed E-state index contributed by atoms with van der Waals surface area (Å²) in [5, 5.41) is 8.60. The maximum absolute atomic E-state index is 12.8. The molecule has 0 unspecified atom stereocenters. The summed E-state index contributed by atoms with van der Waals surface area (Å²) in [6.07, 6.45) is 5.75. The minimum absolute atomic E-state index is 0.0523. The van der Waals surface area contributed by atoms with Crippen LogP contribution in [0.5, 0.6) is 0 Å². The van der Waals surface area contributed by atoms with Crippen LogP contribution in [0.25, 0.3) is 5.65 Å². The SMILES string of the molecule is O=C(Cc1ccc(S(=O)(=O)N2CCCC2)s1)N1CCC(c2nnc3ccccn23)CC1. The molecule has 0 aromatic carbocycles. The number of amides is 1. The lowest BCUT2D eigenvalue weighted by Crippen LogP contribution is -2.39. The van der Waals surface area contributed by atoms with E-state index in [1.54, 1.807) is 16.4 Å². The van der Waals surface area contributed by atoms with E-state index in [9.17, 15) is 13.2 Å². The summed E-state index contributed by atoms with van der Waals surface area (Å²) in [6, 6.07) is 9.28. The van der Waals surface area contributed by atoms with E-state index in [0.29, 0.717) is 30.4 Å². The van der Waals surface area contributed by atoms with Crippen molar-refractivity contribution in [3.8, 4) is 0 Å². The van der Waals surface area contributed by atoms with Gasteiger partial charge in [0, 0.05) is 43.2 Å². The number of hydrogen-bond acceptors (Lipinski definition) is 6. The van der Waals surface area contributed by atoms with Crippen molar-refractivity contribution in [2.24, 2.45) is 0 Å². The molecular formula is C21H25N5O3S2. The lowest BCUT2D eigenvalue weighted by molar-refractivity contribution is -0.131. The maximum atomic E-state index is 12.8. The van der Waals surface area contributed by atoms with Gasteiger partial charge in [-0.3, -0.25) is 9.20 Å². The molecule has 0 spiro atoms. The Hall–Kier alpha value is -2.30. The number of hydrogen-bond donors (Lipinski definition) is 0. The van der Waals surface area contributed by atoms with Gasteiger partial charge in [0.2, 0.25) is 5.91 Å². The number of likely N-dealkylation sites (tertiary alicyclic amines) is 1. The molecule has 5 heterocycles. The van der Waals surface area contributed by atoms with Crippen LogP contribution in [0, 0.1) is 0 Å². The minimum atomic E-state index is -3.42. The Bertz CT molecular complexity index is 1190. The van der Waals surface area contributed by atoms with E-state index in [2.05, 4.69) is 10.2 Å². The molecule has 3 aromatic heterocycles. The Labute approximate surface area is 185 Å². The molecule has 10 heteroatoms. The number of aromatic nitrogens is 3. The molecule has 0 bridgehead atoms. The number of sulfonamides is 1. The van der Waals surface area contributed by atoms with Gasteiger partial charge in [0.25, 0.3) is 10.0 Å². The molecule has 0 aliphatic carbocycles. The Balaban J connectivity index is 1.20. The molecule has 2 fully saturated rings. The van der Waals surface area contributed by atoms with Gasteiger partial charge in [-0.25, -0.2) is 8.42 Å². The lowest BCUT2D eigenvalue weighted by Gasteiger charge is -2.31. The van der Waals surface area contributed by atoms with Crippen LogP contribution in [0.4, 0.5) is 0 Å². The predicted molar refractivity (Wildman–Crippen MR) is 118 cm³/mol. The highest BCUT2D eigenvalue weighted by Crippen LogP contribution is 2.30. The van der Waals surface area contributed by atoms with E-state index < -0.39 is 10.0 Å². The second-order valence-electron chi connectivity index (χ2n) is 8.15. The van der Waals surface area contributed by atoms with Gasteiger partial charge in [-0.05, 0) is 49.9 Å². The van der Waals surface area contributed by atoms with E-state index in [0.717, 1.165) is 42.0 Å². The number of fused-ring (bicyclic) bond motifs is 1. The van der Waals surface area contributed by atoms with Crippen LogP contribution in [-0.4, -0.2) is 64.3 Å². The zero-order chi connectivity index (χ0) is 21.4. The Kier molecular flexibility index (Phi) is 5.53. The van der Waals surface area contributed by atoms with Crippen molar-refractivity contribution >= 4 is 32.9 Å². The Morgan fingerprint density at radius 1 is 1.03 bits per heavy atom. The molecule has 8 nitrogen and oxygen atoms in total. The topological polar surface area (TPSA) is 87.9 Å². The molecule has 3 aromatic rings. The number of pyridine rings is 1. The zero-order valence-electron chi connectivity index (χ0n) is 17.2. The largest absolute Gasteiger partial charge is 0.342 e. The van der Waals surface area contributed by atoms with Crippen LogP contribution in [0.2, 0.25) is 0 Å². The summed E-state index contributed by atoms with van der Waals surface area (Å²) >= 11 is 1.22. The minimum Gasteiger partial charge on any atom is -0.342 e. The first-order valence-electron chi connectivity index (χ1n) is 10.7. The van der Waals surface area contributed by atoms with Gasteiger partial charge in [0.15, 0.2) is 5.65 Å². The van der Waals surface area contributed by atoms with Gasteiger partial charge in [-0.15, -0.1) is 21.5 Å². The predicted octanol–water partition coefficient (Wildman–Crippen LogP) is 2.52. The molecule has 5 rings (SSSR count). The number of thiophene rings is 1. The maximum Gasteiger partial charge on any atom is 0.252 e. The zero-order valence-corrected chi connectivity index (χ0v) is 18.8. The van der Waals surface area contributed by atoms with Crippen LogP contribution in [0.1, 0.15) is 42.3 Å². The highest BCUT2D eigenvalue weighted by atomic mass is 32.2. The average molecular weight is 460 g/mol. The smallest absolute Gasteiger partial charge is 0.252 e. The van der Waals surface area contributed by atoms with Crippen LogP contribution in [0.3, 0.4) is 0 Å². The number of nitrogens with zero attached hydrogens (tertiary/aromatic N) is 5. The third-order valence-corrected chi connectivity index (χ3v) is 9.63. The molecule has 1 amide bonds. The summed E-state index contributed by atoms with van der Waals surface area (Å²) in [5.74, 6) is 1.29. The molecule has 0 atom stereocenters. The van der Waals surface area contributed by atoms with E-state index in [4.69, 9.17) is 0 Å². The fourth-order valence-corrected chi connectivity index (χ4v) is 7.45. The van der Waals surface area contributed by atoms with Crippen molar-refractivity contribution in [1.82, 2.24) is 23.8 Å². The average Bonchev–Trinajstić information content (AvgIpc) is 3.54. The fraction of sp³-hybridized carbons (Fsp3) is 0.476. The molecule has 0 N–H and O–H groups in total. The van der Waals surface area contributed by atoms with Crippen molar-refractivity contribution in [2.75, 3.05) is 26.2 Å². The summed E-state index contributed by atoms with van der Waals surface area (Å²) in [7, 11) is -3.42. The van der Waals surface area contributed by atoms with Gasteiger partial charge in [-0.2, -0.15) is 4.31 Å². The second-order valence-corrected chi connectivity index (χ2v) is 11.5. The van der Waals surface area contributed by atoms with Gasteiger partial charge in [0.1, 0.15) is 10.0 Å².